The van der Waals surface area contributed by atoms with Crippen LogP contribution in [-0.4, -0.2) is 20.2 Å². The van der Waals surface area contributed by atoms with Gasteiger partial charge in [0.15, 0.2) is 4.47 Å². The van der Waals surface area contributed by atoms with Crippen molar-refractivity contribution in [2.24, 2.45) is 0 Å². The first-order valence-electron chi connectivity index (χ1n) is 9.42. The molecule has 3 aromatic heterocycles. The van der Waals surface area contributed by atoms with Crippen LogP contribution in [-0.2, 0) is 6.61 Å². The number of rotatable bonds is 6. The standard InChI is InChI=1S/C23H15ClN4O2S/c24-23-25-12-19(31-23)11-20(22-28-26-14-30-22)15-6-9-18(10-7-15)29-13-17-8-5-16-3-1-2-4-21(16)27-17/h1-12,14H,13H2/b20-11+. The first kappa shape index (κ1) is 19.4. The molecule has 2 aromatic carbocycles. The molecule has 5 aromatic rings. The Kier molecular flexibility index (Phi) is 5.43. The van der Waals surface area contributed by atoms with Gasteiger partial charge in [0.05, 0.1) is 11.2 Å². The molecular formula is C23H15ClN4O2S. The van der Waals surface area contributed by atoms with E-state index in [1.54, 1.807) is 6.20 Å². The average Bonchev–Trinajstić information content (AvgIpc) is 3.48. The van der Waals surface area contributed by atoms with Gasteiger partial charge in [-0.15, -0.1) is 21.5 Å². The van der Waals surface area contributed by atoms with E-state index in [-0.39, 0.29) is 0 Å². The summed E-state index contributed by atoms with van der Waals surface area (Å²) in [7, 11) is 0. The molecule has 0 atom stereocenters. The maximum atomic E-state index is 5.96. The highest BCUT2D eigenvalue weighted by molar-refractivity contribution is 7.16. The van der Waals surface area contributed by atoms with Crippen LogP contribution in [0.4, 0.5) is 0 Å². The van der Waals surface area contributed by atoms with Gasteiger partial charge in [-0.2, -0.15) is 0 Å². The summed E-state index contributed by atoms with van der Waals surface area (Å²) in [5, 5.41) is 8.95. The molecule has 0 aliphatic carbocycles. The van der Waals surface area contributed by atoms with Crippen LogP contribution < -0.4 is 4.74 Å². The van der Waals surface area contributed by atoms with Gasteiger partial charge in [0.25, 0.3) is 0 Å². The van der Waals surface area contributed by atoms with Gasteiger partial charge in [-0.3, -0.25) is 0 Å². The number of hydrogen-bond donors (Lipinski definition) is 0. The van der Waals surface area contributed by atoms with Crippen LogP contribution in [0.3, 0.4) is 0 Å². The molecular weight excluding hydrogens is 432 g/mol. The normalized spacial score (nSPS) is 11.7. The highest BCUT2D eigenvalue weighted by atomic mass is 35.5. The maximum absolute atomic E-state index is 5.96. The zero-order valence-corrected chi connectivity index (χ0v) is 17.7. The summed E-state index contributed by atoms with van der Waals surface area (Å²) in [4.78, 5) is 9.61. The Morgan fingerprint density at radius 3 is 2.71 bits per heavy atom. The van der Waals surface area contributed by atoms with Crippen LogP contribution in [0.15, 0.2) is 77.7 Å². The summed E-state index contributed by atoms with van der Waals surface area (Å²) < 4.78 is 11.8. The lowest BCUT2D eigenvalue weighted by atomic mass is 10.1. The molecule has 6 nitrogen and oxygen atoms in total. The van der Waals surface area contributed by atoms with E-state index in [2.05, 4.69) is 26.2 Å². The number of benzene rings is 2. The van der Waals surface area contributed by atoms with Crippen LogP contribution in [0.2, 0.25) is 4.47 Å². The molecule has 0 amide bonds. The molecule has 0 saturated carbocycles. The number of nitrogens with zero attached hydrogens (tertiary/aromatic N) is 4. The van der Waals surface area contributed by atoms with Crippen LogP contribution in [0.5, 0.6) is 5.75 Å². The number of para-hydroxylation sites is 1. The van der Waals surface area contributed by atoms with Crippen molar-refractivity contribution < 1.29 is 9.15 Å². The number of pyridine rings is 1. The summed E-state index contributed by atoms with van der Waals surface area (Å²) in [6.07, 6.45) is 4.93. The van der Waals surface area contributed by atoms with Gasteiger partial charge in [0.2, 0.25) is 12.3 Å². The minimum Gasteiger partial charge on any atom is -0.487 e. The Balaban J connectivity index is 1.35. The van der Waals surface area contributed by atoms with E-state index in [9.17, 15) is 0 Å². The Bertz CT molecular complexity index is 1350. The van der Waals surface area contributed by atoms with E-state index >= 15 is 0 Å². The monoisotopic (exact) mass is 446 g/mol. The molecule has 0 saturated heterocycles. The molecule has 3 heterocycles. The zero-order valence-electron chi connectivity index (χ0n) is 16.1. The van der Waals surface area contributed by atoms with Gasteiger partial charge < -0.3 is 9.15 Å². The molecule has 0 N–H and O–H groups in total. The third-order valence-electron chi connectivity index (χ3n) is 4.58. The summed E-state index contributed by atoms with van der Waals surface area (Å²) in [6, 6.07) is 19.8. The fraction of sp³-hybridized carbons (Fsp3) is 0.0435. The van der Waals surface area contributed by atoms with Crippen molar-refractivity contribution in [2.75, 3.05) is 0 Å². The Morgan fingerprint density at radius 2 is 1.94 bits per heavy atom. The molecule has 0 aliphatic heterocycles. The van der Waals surface area contributed by atoms with Crippen LogP contribution in [0, 0.1) is 0 Å². The molecule has 0 bridgehead atoms. The minimum absolute atomic E-state index is 0.385. The summed E-state index contributed by atoms with van der Waals surface area (Å²) in [6.45, 7) is 0.385. The lowest BCUT2D eigenvalue weighted by molar-refractivity contribution is 0.302. The van der Waals surface area contributed by atoms with E-state index in [0.29, 0.717) is 17.0 Å². The van der Waals surface area contributed by atoms with Crippen molar-refractivity contribution in [3.63, 3.8) is 0 Å². The van der Waals surface area contributed by atoms with Crippen molar-refractivity contribution in [1.29, 1.82) is 0 Å². The summed E-state index contributed by atoms with van der Waals surface area (Å²) in [5.74, 6) is 1.16. The van der Waals surface area contributed by atoms with Gasteiger partial charge in [-0.25, -0.2) is 9.97 Å². The lowest BCUT2D eigenvalue weighted by Crippen LogP contribution is -1.98. The van der Waals surface area contributed by atoms with E-state index in [1.165, 1.54) is 17.7 Å². The van der Waals surface area contributed by atoms with E-state index in [1.807, 2.05) is 60.7 Å². The van der Waals surface area contributed by atoms with Crippen molar-refractivity contribution in [2.45, 2.75) is 6.61 Å². The molecule has 5 rings (SSSR count). The molecule has 0 unspecified atom stereocenters. The number of aromatic nitrogens is 4. The van der Waals surface area contributed by atoms with E-state index in [4.69, 9.17) is 20.8 Å². The van der Waals surface area contributed by atoms with Gasteiger partial charge in [0, 0.05) is 22.0 Å². The molecule has 0 radical (unpaired) electrons. The van der Waals surface area contributed by atoms with Gasteiger partial charge >= 0.3 is 0 Å². The van der Waals surface area contributed by atoms with Gasteiger partial charge in [0.1, 0.15) is 12.4 Å². The number of ether oxygens (including phenoxy) is 1. The number of fused-ring (bicyclic) bond motifs is 1. The molecule has 0 aliphatic rings. The predicted molar refractivity (Wildman–Crippen MR) is 121 cm³/mol. The third kappa shape index (κ3) is 4.47. The summed E-state index contributed by atoms with van der Waals surface area (Å²) in [5.41, 5.74) is 3.51. The first-order valence-corrected chi connectivity index (χ1v) is 10.6. The second-order valence-electron chi connectivity index (χ2n) is 6.63. The second-order valence-corrected chi connectivity index (χ2v) is 8.27. The second kappa shape index (κ2) is 8.67. The zero-order chi connectivity index (χ0) is 21.0. The Labute approximate surface area is 186 Å². The minimum atomic E-state index is 0.385. The largest absolute Gasteiger partial charge is 0.487 e. The fourth-order valence-electron chi connectivity index (χ4n) is 3.11. The van der Waals surface area contributed by atoms with E-state index < -0.39 is 0 Å². The summed E-state index contributed by atoms with van der Waals surface area (Å²) >= 11 is 7.33. The van der Waals surface area contributed by atoms with Gasteiger partial charge in [-0.05, 0) is 35.9 Å². The lowest BCUT2D eigenvalue weighted by Gasteiger charge is -2.08. The fourth-order valence-corrected chi connectivity index (χ4v) is 4.01. The van der Waals surface area contributed by atoms with Crippen molar-refractivity contribution in [1.82, 2.24) is 20.2 Å². The quantitative estimate of drug-likeness (QED) is 0.323. The van der Waals surface area contributed by atoms with Gasteiger partial charge in [-0.1, -0.05) is 48.0 Å². The Hall–Kier alpha value is -3.55. The number of halogens is 1. The molecule has 0 fully saturated rings. The van der Waals surface area contributed by atoms with E-state index in [0.717, 1.165) is 38.4 Å². The van der Waals surface area contributed by atoms with Crippen LogP contribution >= 0.6 is 22.9 Å². The van der Waals surface area contributed by atoms with Crippen LogP contribution in [0.1, 0.15) is 22.0 Å². The molecule has 8 heteroatoms. The maximum Gasteiger partial charge on any atom is 0.248 e. The first-order chi connectivity index (χ1) is 15.2. The highest BCUT2D eigenvalue weighted by Crippen LogP contribution is 2.29. The predicted octanol–water partition coefficient (Wildman–Crippen LogP) is 5.90. The average molecular weight is 447 g/mol. The molecule has 0 spiro atoms. The van der Waals surface area contributed by atoms with Crippen molar-refractivity contribution >= 4 is 45.5 Å². The smallest absolute Gasteiger partial charge is 0.248 e. The highest BCUT2D eigenvalue weighted by Gasteiger charge is 2.12. The topological polar surface area (TPSA) is 73.9 Å². The SMILES string of the molecule is Clc1ncc(/C=C(\c2ccc(OCc3ccc4ccccc4n3)cc2)c2nnco2)s1. The van der Waals surface area contributed by atoms with Crippen molar-refractivity contribution in [3.05, 3.63) is 99.7 Å². The van der Waals surface area contributed by atoms with Crippen LogP contribution in [0.25, 0.3) is 22.6 Å². The Morgan fingerprint density at radius 1 is 1.06 bits per heavy atom. The number of hydrogen-bond acceptors (Lipinski definition) is 7. The third-order valence-corrected chi connectivity index (χ3v) is 5.64. The molecule has 152 valence electrons. The molecule has 31 heavy (non-hydrogen) atoms. The van der Waals surface area contributed by atoms with Crippen molar-refractivity contribution in [3.8, 4) is 5.75 Å². The number of thiazole rings is 1.